The fourth-order valence-corrected chi connectivity index (χ4v) is 2.84. The van der Waals surface area contributed by atoms with E-state index in [-0.39, 0.29) is 5.91 Å². The Kier molecular flexibility index (Phi) is 5.35. The molecule has 1 amide bonds. The zero-order chi connectivity index (χ0) is 19.4. The van der Waals surface area contributed by atoms with Gasteiger partial charge in [0.2, 0.25) is 0 Å². The van der Waals surface area contributed by atoms with Gasteiger partial charge in [0.1, 0.15) is 11.7 Å². The van der Waals surface area contributed by atoms with Crippen LogP contribution in [-0.4, -0.2) is 32.7 Å². The van der Waals surface area contributed by atoms with Crippen LogP contribution >= 0.6 is 0 Å². The lowest BCUT2D eigenvalue weighted by Gasteiger charge is -2.26. The fraction of sp³-hybridized carbons (Fsp3) is 0.190. The minimum absolute atomic E-state index is 0.0706. The van der Waals surface area contributed by atoms with Gasteiger partial charge in [0.25, 0.3) is 5.91 Å². The van der Waals surface area contributed by atoms with Crippen LogP contribution in [0.2, 0.25) is 0 Å². The first-order valence-electron chi connectivity index (χ1n) is 8.80. The standard InChI is InChI=1S/C21H23N5O/c1-5-26-20(27)11-10-19(15(2)3)21(26)24-16(4)23-17-6-8-18(9-7-17)25-13-12-22-14-25/h6-14,23H,4-5H2,1-3H3/b24-21+. The minimum Gasteiger partial charge on any atom is -0.341 e. The van der Waals surface area contributed by atoms with Crippen LogP contribution in [0.5, 0.6) is 0 Å². The number of carbonyl (C=O) groups excluding carboxylic acids is 1. The highest BCUT2D eigenvalue weighted by Gasteiger charge is 2.23. The van der Waals surface area contributed by atoms with Crippen LogP contribution in [0, 0.1) is 0 Å². The number of benzene rings is 1. The van der Waals surface area contributed by atoms with Crippen molar-refractivity contribution in [2.75, 3.05) is 11.9 Å². The maximum atomic E-state index is 12.2. The van der Waals surface area contributed by atoms with Crippen molar-refractivity contribution in [2.45, 2.75) is 20.8 Å². The molecule has 27 heavy (non-hydrogen) atoms. The topological polar surface area (TPSA) is 62.5 Å². The Hall–Kier alpha value is -3.41. The molecule has 0 atom stereocenters. The van der Waals surface area contributed by atoms with E-state index in [0.717, 1.165) is 22.5 Å². The lowest BCUT2D eigenvalue weighted by Crippen LogP contribution is -2.39. The van der Waals surface area contributed by atoms with E-state index < -0.39 is 0 Å². The number of allylic oxidation sites excluding steroid dienone is 1. The van der Waals surface area contributed by atoms with E-state index in [4.69, 9.17) is 0 Å². The Balaban J connectivity index is 1.81. The van der Waals surface area contributed by atoms with Crippen molar-refractivity contribution in [1.29, 1.82) is 0 Å². The molecule has 0 bridgehead atoms. The number of nitrogens with zero attached hydrogens (tertiary/aromatic N) is 4. The molecule has 2 heterocycles. The van der Waals surface area contributed by atoms with Gasteiger partial charge in [0, 0.05) is 42.0 Å². The van der Waals surface area contributed by atoms with Crippen LogP contribution in [0.1, 0.15) is 20.8 Å². The Morgan fingerprint density at radius 2 is 1.96 bits per heavy atom. The molecule has 0 aliphatic carbocycles. The Morgan fingerprint density at radius 3 is 2.56 bits per heavy atom. The van der Waals surface area contributed by atoms with E-state index >= 15 is 0 Å². The third kappa shape index (κ3) is 4.06. The molecule has 1 aromatic heterocycles. The summed E-state index contributed by atoms with van der Waals surface area (Å²) >= 11 is 0. The van der Waals surface area contributed by atoms with Crippen LogP contribution in [0.15, 0.2) is 83.7 Å². The predicted molar refractivity (Wildman–Crippen MR) is 109 cm³/mol. The van der Waals surface area contributed by atoms with Crippen molar-refractivity contribution in [1.82, 2.24) is 14.5 Å². The molecule has 0 saturated carbocycles. The van der Waals surface area contributed by atoms with Gasteiger partial charge in [-0.3, -0.25) is 9.69 Å². The zero-order valence-corrected chi connectivity index (χ0v) is 15.8. The SMILES string of the molecule is C=C(/N=C1\C(=C(C)C)C=CC(=O)N1CC)Nc1ccc(-n2ccnc2)cc1. The molecule has 0 unspecified atom stereocenters. The van der Waals surface area contributed by atoms with E-state index in [1.807, 2.05) is 61.9 Å². The molecule has 0 saturated heterocycles. The summed E-state index contributed by atoms with van der Waals surface area (Å²) in [6.07, 6.45) is 8.78. The number of amidine groups is 1. The zero-order valence-electron chi connectivity index (χ0n) is 15.8. The van der Waals surface area contributed by atoms with E-state index in [9.17, 15) is 4.79 Å². The largest absolute Gasteiger partial charge is 0.341 e. The van der Waals surface area contributed by atoms with Gasteiger partial charge >= 0.3 is 0 Å². The smallest absolute Gasteiger partial charge is 0.252 e. The van der Waals surface area contributed by atoms with E-state index in [1.54, 1.807) is 23.5 Å². The molecule has 138 valence electrons. The number of likely N-dealkylation sites (N-methyl/N-ethyl adjacent to an activating group) is 1. The van der Waals surface area contributed by atoms with Crippen molar-refractivity contribution < 1.29 is 4.79 Å². The molecule has 1 aromatic carbocycles. The van der Waals surface area contributed by atoms with Gasteiger partial charge < -0.3 is 9.88 Å². The highest BCUT2D eigenvalue weighted by molar-refractivity contribution is 6.16. The van der Waals surface area contributed by atoms with Gasteiger partial charge in [-0.15, -0.1) is 0 Å². The number of imidazole rings is 1. The normalized spacial score (nSPS) is 15.4. The van der Waals surface area contributed by atoms with Crippen LogP contribution in [0.4, 0.5) is 5.69 Å². The van der Waals surface area contributed by atoms with E-state index in [2.05, 4.69) is 21.9 Å². The number of aromatic nitrogens is 2. The number of amides is 1. The first-order valence-corrected chi connectivity index (χ1v) is 8.80. The molecule has 1 aliphatic heterocycles. The van der Waals surface area contributed by atoms with Gasteiger partial charge in [0.15, 0.2) is 0 Å². The molecule has 2 aromatic rings. The number of aliphatic imine (C=N–C) groups is 1. The lowest BCUT2D eigenvalue weighted by atomic mass is 10.0. The summed E-state index contributed by atoms with van der Waals surface area (Å²) < 4.78 is 1.93. The maximum Gasteiger partial charge on any atom is 0.252 e. The van der Waals surface area contributed by atoms with Crippen molar-refractivity contribution in [2.24, 2.45) is 4.99 Å². The number of carbonyl (C=O) groups is 1. The minimum atomic E-state index is -0.0706. The molecule has 6 nitrogen and oxygen atoms in total. The van der Waals surface area contributed by atoms with E-state index in [0.29, 0.717) is 18.2 Å². The van der Waals surface area contributed by atoms with Gasteiger partial charge in [0.05, 0.1) is 6.33 Å². The summed E-state index contributed by atoms with van der Waals surface area (Å²) in [6.45, 7) is 10.5. The molecular weight excluding hydrogens is 338 g/mol. The third-order valence-electron chi connectivity index (χ3n) is 4.21. The van der Waals surface area contributed by atoms with Gasteiger partial charge in [-0.2, -0.15) is 0 Å². The van der Waals surface area contributed by atoms with Crippen molar-refractivity contribution in [3.63, 3.8) is 0 Å². The fourth-order valence-electron chi connectivity index (χ4n) is 2.84. The van der Waals surface area contributed by atoms with Gasteiger partial charge in [-0.05, 0) is 51.1 Å². The van der Waals surface area contributed by atoms with Crippen molar-refractivity contribution in [3.8, 4) is 5.69 Å². The van der Waals surface area contributed by atoms with Crippen LogP contribution in [0.25, 0.3) is 5.69 Å². The summed E-state index contributed by atoms with van der Waals surface area (Å²) in [7, 11) is 0. The molecule has 6 heteroatoms. The summed E-state index contributed by atoms with van der Waals surface area (Å²) in [5.74, 6) is 1.02. The molecule has 1 N–H and O–H groups in total. The Morgan fingerprint density at radius 1 is 1.22 bits per heavy atom. The summed E-state index contributed by atoms with van der Waals surface area (Å²) in [5.41, 5.74) is 3.91. The molecule has 0 spiro atoms. The lowest BCUT2D eigenvalue weighted by molar-refractivity contribution is -0.122. The van der Waals surface area contributed by atoms with E-state index in [1.165, 1.54) is 0 Å². The summed E-state index contributed by atoms with van der Waals surface area (Å²) in [5, 5.41) is 3.19. The average Bonchev–Trinajstić information content (AvgIpc) is 3.17. The molecular formula is C21H23N5O. The second-order valence-corrected chi connectivity index (χ2v) is 6.35. The van der Waals surface area contributed by atoms with Crippen molar-refractivity contribution >= 4 is 17.4 Å². The van der Waals surface area contributed by atoms with Crippen molar-refractivity contribution in [3.05, 3.63) is 78.7 Å². The number of hydrogen-bond donors (Lipinski definition) is 1. The van der Waals surface area contributed by atoms with Gasteiger partial charge in [-0.1, -0.05) is 12.2 Å². The number of anilines is 1. The Labute approximate surface area is 159 Å². The Bertz CT molecular complexity index is 929. The molecule has 0 fully saturated rings. The van der Waals surface area contributed by atoms with Crippen LogP contribution in [-0.2, 0) is 4.79 Å². The third-order valence-corrected chi connectivity index (χ3v) is 4.21. The molecule has 3 rings (SSSR count). The second kappa shape index (κ2) is 7.86. The van der Waals surface area contributed by atoms with Crippen LogP contribution < -0.4 is 5.32 Å². The van der Waals surface area contributed by atoms with Crippen LogP contribution in [0.3, 0.4) is 0 Å². The molecule has 0 radical (unpaired) electrons. The predicted octanol–water partition coefficient (Wildman–Crippen LogP) is 3.91. The maximum absolute atomic E-state index is 12.2. The first-order chi connectivity index (χ1) is 13.0. The second-order valence-electron chi connectivity index (χ2n) is 6.35. The summed E-state index contributed by atoms with van der Waals surface area (Å²) in [4.78, 5) is 22.5. The monoisotopic (exact) mass is 361 g/mol. The first kappa shape index (κ1) is 18.4. The highest BCUT2D eigenvalue weighted by atomic mass is 16.2. The number of nitrogens with one attached hydrogen (secondary N) is 1. The average molecular weight is 361 g/mol. The van der Waals surface area contributed by atoms with Gasteiger partial charge in [-0.25, -0.2) is 9.98 Å². The molecule has 1 aliphatic rings. The number of hydrogen-bond acceptors (Lipinski definition) is 4. The highest BCUT2D eigenvalue weighted by Crippen LogP contribution is 2.20. The summed E-state index contributed by atoms with van der Waals surface area (Å²) in [6, 6.07) is 7.87. The quantitative estimate of drug-likeness (QED) is 0.878. The number of rotatable bonds is 5.